The van der Waals surface area contributed by atoms with Crippen molar-refractivity contribution >= 4 is 17.7 Å². The number of H-pyrrole nitrogens is 1. The van der Waals surface area contributed by atoms with Crippen LogP contribution in [0, 0.1) is 0 Å². The van der Waals surface area contributed by atoms with E-state index in [-0.39, 0.29) is 5.91 Å². The lowest BCUT2D eigenvalue weighted by molar-refractivity contribution is -0.129. The van der Waals surface area contributed by atoms with Gasteiger partial charge in [0.1, 0.15) is 0 Å². The monoisotopic (exact) mass is 287 g/mol. The van der Waals surface area contributed by atoms with Crippen LogP contribution >= 0.6 is 11.8 Å². The molecule has 2 aromatic rings. The van der Waals surface area contributed by atoms with Crippen molar-refractivity contribution in [2.75, 3.05) is 18.6 Å². The Hall–Kier alpha value is -1.75. The highest BCUT2D eigenvalue weighted by molar-refractivity contribution is 7.99. The van der Waals surface area contributed by atoms with E-state index in [0.29, 0.717) is 12.3 Å². The minimum atomic E-state index is 0.211. The number of aromatic nitrogens is 2. The van der Waals surface area contributed by atoms with Gasteiger partial charge in [-0.25, -0.2) is 0 Å². The molecule has 2 heterocycles. The minimum Gasteiger partial charge on any atom is -0.337 e. The summed E-state index contributed by atoms with van der Waals surface area (Å²) in [4.78, 5) is 14.0. The fraction of sp³-hybridized carbons (Fsp3) is 0.333. The Morgan fingerprint density at radius 3 is 2.95 bits per heavy atom. The van der Waals surface area contributed by atoms with Gasteiger partial charge in [-0.3, -0.25) is 9.89 Å². The largest absolute Gasteiger partial charge is 0.337 e. The Balaban J connectivity index is 1.89. The highest BCUT2D eigenvalue weighted by Gasteiger charge is 2.25. The number of hydrogen-bond donors (Lipinski definition) is 1. The Morgan fingerprint density at radius 2 is 2.20 bits per heavy atom. The molecular weight excluding hydrogens is 270 g/mol. The third-order valence-corrected chi connectivity index (χ3v) is 4.14. The van der Waals surface area contributed by atoms with Gasteiger partial charge in [-0.05, 0) is 6.26 Å². The molecule has 0 atom stereocenters. The van der Waals surface area contributed by atoms with E-state index in [1.54, 1.807) is 11.8 Å². The molecule has 20 heavy (non-hydrogen) atoms. The summed E-state index contributed by atoms with van der Waals surface area (Å²) in [5, 5.41) is 7.56. The van der Waals surface area contributed by atoms with E-state index in [1.807, 2.05) is 29.4 Å². The molecule has 0 saturated heterocycles. The Labute approximate surface area is 122 Å². The standard InChI is InChI=1S/C15H17N3OS/c1-20-10-14(19)18-8-7-13-12(9-18)15(17-16-13)11-5-3-2-4-6-11/h2-6H,7-10H2,1H3,(H,16,17). The van der Waals surface area contributed by atoms with Crippen molar-refractivity contribution in [3.05, 3.63) is 41.6 Å². The summed E-state index contributed by atoms with van der Waals surface area (Å²) in [5.74, 6) is 0.761. The molecule has 0 bridgehead atoms. The second-order valence-corrected chi connectivity index (χ2v) is 5.76. The van der Waals surface area contributed by atoms with Crippen molar-refractivity contribution in [2.24, 2.45) is 0 Å². The molecule has 0 radical (unpaired) electrons. The van der Waals surface area contributed by atoms with Crippen molar-refractivity contribution < 1.29 is 4.79 Å². The maximum Gasteiger partial charge on any atom is 0.232 e. The second-order valence-electron chi connectivity index (χ2n) is 4.89. The summed E-state index contributed by atoms with van der Waals surface area (Å²) < 4.78 is 0. The van der Waals surface area contributed by atoms with E-state index in [0.717, 1.165) is 35.5 Å². The first-order valence-electron chi connectivity index (χ1n) is 6.68. The Morgan fingerprint density at radius 1 is 1.40 bits per heavy atom. The molecule has 1 aromatic heterocycles. The van der Waals surface area contributed by atoms with Crippen LogP contribution in [0.25, 0.3) is 11.3 Å². The van der Waals surface area contributed by atoms with Crippen LogP contribution in [0.3, 0.4) is 0 Å². The van der Waals surface area contributed by atoms with Crippen molar-refractivity contribution in [3.8, 4) is 11.3 Å². The first-order chi connectivity index (χ1) is 9.79. The lowest BCUT2D eigenvalue weighted by Gasteiger charge is -2.27. The van der Waals surface area contributed by atoms with E-state index in [1.165, 1.54) is 0 Å². The normalized spacial score (nSPS) is 14.2. The number of rotatable bonds is 3. The lowest BCUT2D eigenvalue weighted by atomic mass is 10.0. The van der Waals surface area contributed by atoms with Crippen LogP contribution in [0.4, 0.5) is 0 Å². The number of carbonyl (C=O) groups excluding carboxylic acids is 1. The average Bonchev–Trinajstić information content (AvgIpc) is 2.91. The van der Waals surface area contributed by atoms with Gasteiger partial charge in [0.2, 0.25) is 5.91 Å². The summed E-state index contributed by atoms with van der Waals surface area (Å²) in [5.41, 5.74) is 4.40. The predicted octanol–water partition coefficient (Wildman–Crippen LogP) is 2.32. The molecule has 0 saturated carbocycles. The van der Waals surface area contributed by atoms with Gasteiger partial charge in [-0.2, -0.15) is 16.9 Å². The van der Waals surface area contributed by atoms with E-state index >= 15 is 0 Å². The molecule has 3 rings (SSSR count). The van der Waals surface area contributed by atoms with Crippen LogP contribution in [0.15, 0.2) is 30.3 Å². The van der Waals surface area contributed by atoms with Gasteiger partial charge in [-0.1, -0.05) is 30.3 Å². The quantitative estimate of drug-likeness (QED) is 0.942. The van der Waals surface area contributed by atoms with Crippen molar-refractivity contribution in [1.82, 2.24) is 15.1 Å². The number of benzene rings is 1. The number of fused-ring (bicyclic) bond motifs is 1. The fourth-order valence-corrected chi connectivity index (χ4v) is 2.99. The summed E-state index contributed by atoms with van der Waals surface area (Å²) in [6, 6.07) is 10.1. The van der Waals surface area contributed by atoms with Crippen LogP contribution in [-0.2, 0) is 17.8 Å². The maximum absolute atomic E-state index is 12.1. The molecule has 5 heteroatoms. The Bertz CT molecular complexity index is 609. The number of nitrogens with zero attached hydrogens (tertiary/aromatic N) is 2. The zero-order chi connectivity index (χ0) is 13.9. The topological polar surface area (TPSA) is 49.0 Å². The Kier molecular flexibility index (Phi) is 3.78. The molecule has 1 amide bonds. The average molecular weight is 287 g/mol. The van der Waals surface area contributed by atoms with Crippen LogP contribution < -0.4 is 0 Å². The van der Waals surface area contributed by atoms with Crippen molar-refractivity contribution in [2.45, 2.75) is 13.0 Å². The van der Waals surface area contributed by atoms with E-state index in [9.17, 15) is 4.79 Å². The lowest BCUT2D eigenvalue weighted by Crippen LogP contribution is -2.37. The summed E-state index contributed by atoms with van der Waals surface area (Å²) in [6.45, 7) is 1.44. The van der Waals surface area contributed by atoms with Crippen LogP contribution in [-0.4, -0.2) is 39.6 Å². The molecule has 0 aliphatic carbocycles. The predicted molar refractivity (Wildman–Crippen MR) is 81.5 cm³/mol. The number of nitrogens with one attached hydrogen (secondary N) is 1. The van der Waals surface area contributed by atoms with Gasteiger partial charge in [0.05, 0.1) is 11.4 Å². The van der Waals surface area contributed by atoms with Gasteiger partial charge in [-0.15, -0.1) is 0 Å². The number of carbonyl (C=O) groups is 1. The third kappa shape index (κ3) is 2.45. The smallest absolute Gasteiger partial charge is 0.232 e. The number of hydrogen-bond acceptors (Lipinski definition) is 3. The third-order valence-electron chi connectivity index (χ3n) is 3.60. The molecule has 1 aliphatic heterocycles. The molecule has 1 N–H and O–H groups in total. The molecule has 0 fully saturated rings. The first kappa shape index (κ1) is 13.2. The van der Waals surface area contributed by atoms with Crippen LogP contribution in [0.2, 0.25) is 0 Å². The molecule has 0 unspecified atom stereocenters. The van der Waals surface area contributed by atoms with E-state index in [4.69, 9.17) is 0 Å². The summed E-state index contributed by atoms with van der Waals surface area (Å²) in [6.07, 6.45) is 2.82. The maximum atomic E-state index is 12.1. The summed E-state index contributed by atoms with van der Waals surface area (Å²) >= 11 is 1.57. The van der Waals surface area contributed by atoms with Gasteiger partial charge < -0.3 is 4.90 Å². The minimum absolute atomic E-state index is 0.211. The van der Waals surface area contributed by atoms with Crippen molar-refractivity contribution in [1.29, 1.82) is 0 Å². The van der Waals surface area contributed by atoms with Crippen LogP contribution in [0.5, 0.6) is 0 Å². The number of aromatic amines is 1. The van der Waals surface area contributed by atoms with Crippen LogP contribution in [0.1, 0.15) is 11.3 Å². The molecule has 0 spiro atoms. The van der Waals surface area contributed by atoms with E-state index < -0.39 is 0 Å². The SMILES string of the molecule is CSCC(=O)N1CCc2[nH]nc(-c3ccccc3)c2C1. The number of thioether (sulfide) groups is 1. The molecule has 104 valence electrons. The molecule has 4 nitrogen and oxygen atoms in total. The zero-order valence-electron chi connectivity index (χ0n) is 11.4. The highest BCUT2D eigenvalue weighted by atomic mass is 32.2. The van der Waals surface area contributed by atoms with Gasteiger partial charge in [0.25, 0.3) is 0 Å². The second kappa shape index (κ2) is 5.71. The van der Waals surface area contributed by atoms with Gasteiger partial charge in [0, 0.05) is 36.3 Å². The van der Waals surface area contributed by atoms with Gasteiger partial charge in [0.15, 0.2) is 0 Å². The molecule has 1 aromatic carbocycles. The summed E-state index contributed by atoms with van der Waals surface area (Å²) in [7, 11) is 0. The molecular formula is C15H17N3OS. The fourth-order valence-electron chi connectivity index (χ4n) is 2.56. The highest BCUT2D eigenvalue weighted by Crippen LogP contribution is 2.28. The van der Waals surface area contributed by atoms with Gasteiger partial charge >= 0.3 is 0 Å². The van der Waals surface area contributed by atoms with E-state index in [2.05, 4.69) is 22.3 Å². The first-order valence-corrected chi connectivity index (χ1v) is 8.07. The molecule has 1 aliphatic rings. The zero-order valence-corrected chi connectivity index (χ0v) is 12.2. The number of amides is 1. The van der Waals surface area contributed by atoms with Crippen molar-refractivity contribution in [3.63, 3.8) is 0 Å².